The van der Waals surface area contributed by atoms with E-state index in [0.717, 1.165) is 0 Å². The summed E-state index contributed by atoms with van der Waals surface area (Å²) in [5, 5.41) is 10.7. The Kier molecular flexibility index (Phi) is 4.78. The summed E-state index contributed by atoms with van der Waals surface area (Å²) in [4.78, 5) is 10.7. The van der Waals surface area contributed by atoms with Gasteiger partial charge in [-0.05, 0) is 6.92 Å². The molecule has 0 aromatic carbocycles. The Morgan fingerprint density at radius 2 is 2.45 bits per heavy atom. The Bertz CT molecular complexity index is 203. The molecule has 0 aromatic heterocycles. The molecular weight excluding hydrogens is 144 g/mol. The molecule has 0 aliphatic rings. The van der Waals surface area contributed by atoms with Gasteiger partial charge in [0.25, 0.3) is 0 Å². The van der Waals surface area contributed by atoms with Crippen LogP contribution in [0.4, 0.5) is 0 Å². The number of nitrogens with one attached hydrogen (secondary N) is 1. The molecule has 0 aliphatic heterocycles. The molecule has 0 atom stereocenters. The zero-order valence-electron chi connectivity index (χ0n) is 6.55. The number of ether oxygens (including phenoxy) is 1. The van der Waals surface area contributed by atoms with E-state index >= 15 is 0 Å². The van der Waals surface area contributed by atoms with Gasteiger partial charge in [0.1, 0.15) is 6.61 Å². The van der Waals surface area contributed by atoms with Crippen molar-refractivity contribution in [3.8, 4) is 6.07 Å². The largest absolute Gasteiger partial charge is 0.375 e. The summed E-state index contributed by atoms with van der Waals surface area (Å²) in [6, 6.07) is 1.87. The highest BCUT2D eigenvalue weighted by molar-refractivity contribution is 5.78. The lowest BCUT2D eigenvalue weighted by molar-refractivity contribution is -0.123. The predicted molar refractivity (Wildman–Crippen MR) is 39.4 cm³/mol. The van der Waals surface area contributed by atoms with Crippen molar-refractivity contribution in [2.24, 2.45) is 0 Å². The quantitative estimate of drug-likeness (QED) is 0.589. The van der Waals surface area contributed by atoms with Crippen molar-refractivity contribution in [3.63, 3.8) is 0 Å². The van der Waals surface area contributed by atoms with Crippen LogP contribution in [0.2, 0.25) is 0 Å². The molecule has 4 nitrogen and oxygen atoms in total. The normalized spacial score (nSPS) is 10.5. The smallest absolute Gasteiger partial charge is 0.249 e. The van der Waals surface area contributed by atoms with E-state index in [4.69, 9.17) is 5.26 Å². The first-order valence-electron chi connectivity index (χ1n) is 3.06. The SMILES string of the molecule is COCC(=O)N/C=C(/C)C#N. The minimum atomic E-state index is -0.262. The highest BCUT2D eigenvalue weighted by Gasteiger charge is 1.95. The van der Waals surface area contributed by atoms with Crippen molar-refractivity contribution in [3.05, 3.63) is 11.8 Å². The Morgan fingerprint density at radius 3 is 2.91 bits per heavy atom. The van der Waals surface area contributed by atoms with Crippen LogP contribution in [0.3, 0.4) is 0 Å². The zero-order valence-corrected chi connectivity index (χ0v) is 6.55. The molecule has 0 rings (SSSR count). The Morgan fingerprint density at radius 1 is 1.82 bits per heavy atom. The molecule has 1 amide bonds. The van der Waals surface area contributed by atoms with Crippen molar-refractivity contribution in [1.29, 1.82) is 5.26 Å². The van der Waals surface area contributed by atoms with Crippen molar-refractivity contribution in [2.45, 2.75) is 6.92 Å². The molecular formula is C7H10N2O2. The molecule has 0 heterocycles. The summed E-state index contributed by atoms with van der Waals surface area (Å²) in [7, 11) is 1.43. The van der Waals surface area contributed by atoms with Crippen LogP contribution in [0.5, 0.6) is 0 Å². The predicted octanol–water partition coefficient (Wildman–Crippen LogP) is 0.176. The monoisotopic (exact) mass is 154 g/mol. The van der Waals surface area contributed by atoms with Gasteiger partial charge < -0.3 is 10.1 Å². The van der Waals surface area contributed by atoms with Gasteiger partial charge in [0.2, 0.25) is 5.91 Å². The molecule has 0 saturated carbocycles. The molecule has 0 aliphatic carbocycles. The maximum atomic E-state index is 10.7. The fourth-order valence-corrected chi connectivity index (χ4v) is 0.394. The van der Waals surface area contributed by atoms with Crippen molar-refractivity contribution in [2.75, 3.05) is 13.7 Å². The number of methoxy groups -OCH3 is 1. The maximum absolute atomic E-state index is 10.7. The number of carbonyl (C=O) groups excluding carboxylic acids is 1. The number of rotatable bonds is 3. The van der Waals surface area contributed by atoms with Gasteiger partial charge in [-0.3, -0.25) is 4.79 Å². The first-order chi connectivity index (χ1) is 5.20. The van der Waals surface area contributed by atoms with E-state index in [0.29, 0.717) is 5.57 Å². The second-order valence-electron chi connectivity index (χ2n) is 1.94. The lowest BCUT2D eigenvalue weighted by Gasteiger charge is -1.96. The van der Waals surface area contributed by atoms with Crippen LogP contribution in [0.15, 0.2) is 11.8 Å². The average molecular weight is 154 g/mol. The third-order valence-corrected chi connectivity index (χ3v) is 0.901. The molecule has 0 radical (unpaired) electrons. The summed E-state index contributed by atoms with van der Waals surface area (Å²) in [5.41, 5.74) is 0.453. The number of amides is 1. The van der Waals surface area contributed by atoms with Gasteiger partial charge in [-0.2, -0.15) is 5.26 Å². The fraction of sp³-hybridized carbons (Fsp3) is 0.429. The lowest BCUT2D eigenvalue weighted by Crippen LogP contribution is -2.22. The third kappa shape index (κ3) is 5.12. The zero-order chi connectivity index (χ0) is 8.69. The molecule has 0 aromatic rings. The first kappa shape index (κ1) is 9.66. The van der Waals surface area contributed by atoms with Crippen molar-refractivity contribution >= 4 is 5.91 Å². The van der Waals surface area contributed by atoms with E-state index in [1.54, 1.807) is 6.92 Å². The molecule has 1 N–H and O–H groups in total. The van der Waals surface area contributed by atoms with E-state index in [2.05, 4.69) is 10.1 Å². The first-order valence-corrected chi connectivity index (χ1v) is 3.06. The minimum Gasteiger partial charge on any atom is -0.375 e. The van der Waals surface area contributed by atoms with E-state index in [9.17, 15) is 4.79 Å². The average Bonchev–Trinajstić information content (AvgIpc) is 2.01. The topological polar surface area (TPSA) is 62.1 Å². The van der Waals surface area contributed by atoms with E-state index in [1.165, 1.54) is 13.3 Å². The summed E-state index contributed by atoms with van der Waals surface area (Å²) >= 11 is 0. The van der Waals surface area contributed by atoms with Gasteiger partial charge in [0.15, 0.2) is 0 Å². The number of nitrogens with zero attached hydrogens (tertiary/aromatic N) is 1. The van der Waals surface area contributed by atoms with Crippen LogP contribution >= 0.6 is 0 Å². The van der Waals surface area contributed by atoms with Gasteiger partial charge in [0.05, 0.1) is 6.07 Å². The molecule has 0 bridgehead atoms. The summed E-state index contributed by atoms with van der Waals surface area (Å²) in [6.45, 7) is 1.61. The minimum absolute atomic E-state index is 0.00914. The molecule has 4 heteroatoms. The molecule has 60 valence electrons. The van der Waals surface area contributed by atoms with Gasteiger partial charge in [-0.1, -0.05) is 0 Å². The number of hydrogen-bond acceptors (Lipinski definition) is 3. The van der Waals surface area contributed by atoms with Crippen molar-refractivity contribution < 1.29 is 9.53 Å². The van der Waals surface area contributed by atoms with Crippen LogP contribution < -0.4 is 5.32 Å². The van der Waals surface area contributed by atoms with Gasteiger partial charge >= 0.3 is 0 Å². The molecule has 0 saturated heterocycles. The standard InChI is InChI=1S/C7H10N2O2/c1-6(3-8)4-9-7(10)5-11-2/h4H,5H2,1-2H3,(H,9,10)/b6-4-. The fourth-order valence-electron chi connectivity index (χ4n) is 0.394. The Labute approximate surface area is 65.5 Å². The number of carbonyl (C=O) groups is 1. The second kappa shape index (κ2) is 5.45. The van der Waals surface area contributed by atoms with Gasteiger partial charge in [-0.25, -0.2) is 0 Å². The molecule has 11 heavy (non-hydrogen) atoms. The maximum Gasteiger partial charge on any atom is 0.249 e. The Balaban J connectivity index is 3.71. The van der Waals surface area contributed by atoms with E-state index in [1.807, 2.05) is 6.07 Å². The second-order valence-corrected chi connectivity index (χ2v) is 1.94. The van der Waals surface area contributed by atoms with Gasteiger partial charge in [0, 0.05) is 18.9 Å². The van der Waals surface area contributed by atoms with Crippen LogP contribution in [-0.4, -0.2) is 19.6 Å². The van der Waals surface area contributed by atoms with Crippen LogP contribution in [0.1, 0.15) is 6.92 Å². The summed E-state index contributed by atoms with van der Waals surface area (Å²) in [6.07, 6.45) is 1.35. The van der Waals surface area contributed by atoms with Gasteiger partial charge in [-0.15, -0.1) is 0 Å². The number of allylic oxidation sites excluding steroid dienone is 1. The van der Waals surface area contributed by atoms with Crippen LogP contribution in [-0.2, 0) is 9.53 Å². The molecule has 0 fully saturated rings. The summed E-state index contributed by atoms with van der Waals surface area (Å²) < 4.78 is 4.55. The number of hydrogen-bond donors (Lipinski definition) is 1. The highest BCUT2D eigenvalue weighted by Crippen LogP contribution is 1.83. The van der Waals surface area contributed by atoms with Crippen LogP contribution in [0.25, 0.3) is 0 Å². The van der Waals surface area contributed by atoms with Crippen molar-refractivity contribution in [1.82, 2.24) is 5.32 Å². The lowest BCUT2D eigenvalue weighted by atomic mass is 10.4. The molecule has 0 unspecified atom stereocenters. The van der Waals surface area contributed by atoms with Crippen LogP contribution in [0, 0.1) is 11.3 Å². The molecule has 0 spiro atoms. The summed E-state index contributed by atoms with van der Waals surface area (Å²) in [5.74, 6) is -0.262. The third-order valence-electron chi connectivity index (χ3n) is 0.901. The van der Waals surface area contributed by atoms with E-state index in [-0.39, 0.29) is 12.5 Å². The Hall–Kier alpha value is -1.34. The van der Waals surface area contributed by atoms with E-state index < -0.39 is 0 Å². The highest BCUT2D eigenvalue weighted by atomic mass is 16.5. The number of nitriles is 1.